The van der Waals surface area contributed by atoms with Crippen molar-refractivity contribution in [3.05, 3.63) is 78.4 Å². The summed E-state index contributed by atoms with van der Waals surface area (Å²) in [6.45, 7) is 6.56. The molecule has 0 radical (unpaired) electrons. The van der Waals surface area contributed by atoms with Gasteiger partial charge in [0.1, 0.15) is 18.7 Å². The maximum atomic E-state index is 13.6. The Labute approximate surface area is 218 Å². The summed E-state index contributed by atoms with van der Waals surface area (Å²) in [5.74, 6) is -0.354. The number of piperazine rings is 1. The average Bonchev–Trinajstić information content (AvgIpc) is 3.41. The van der Waals surface area contributed by atoms with E-state index in [1.54, 1.807) is 24.9 Å². The van der Waals surface area contributed by atoms with E-state index >= 15 is 0 Å². The first kappa shape index (κ1) is 26.3. The fourth-order valence-electron chi connectivity index (χ4n) is 4.59. The van der Waals surface area contributed by atoms with E-state index in [0.29, 0.717) is 39.1 Å². The number of rotatable bonds is 10. The molecule has 0 unspecified atom stereocenters. The van der Waals surface area contributed by atoms with Crippen LogP contribution in [-0.2, 0) is 22.6 Å². The molecule has 2 heterocycles. The molecule has 4 rings (SSSR count). The van der Waals surface area contributed by atoms with Gasteiger partial charge in [-0.1, -0.05) is 48.5 Å². The third kappa shape index (κ3) is 7.16. The second-order valence-electron chi connectivity index (χ2n) is 10.2. The SMILES string of the molecule is CC(C)(N)C(=O)N[C@H](CCCc1ccccc1)C(=O)N1CCN(c2ccccc2Cn2cncn2)CC1. The Balaban J connectivity index is 1.39. The standard InChI is InChI=1S/C28H37N7O2/c1-28(2,29)27(37)32-24(13-8-11-22-9-4-3-5-10-22)26(36)34-17-15-33(16-18-34)25-14-7-6-12-23(25)19-35-21-30-20-31-35/h3-7,9-10,12,14,20-21,24H,8,11,13,15-19,29H2,1-2H3,(H,32,37)/t24-/m1/s1. The molecule has 9 nitrogen and oxygen atoms in total. The largest absolute Gasteiger partial charge is 0.368 e. The van der Waals surface area contributed by atoms with E-state index in [1.807, 2.05) is 35.2 Å². The Bertz CT molecular complexity index is 1150. The number of aromatic nitrogens is 3. The Morgan fingerprint density at radius 2 is 1.73 bits per heavy atom. The zero-order valence-corrected chi connectivity index (χ0v) is 21.7. The number of hydrogen-bond acceptors (Lipinski definition) is 6. The molecule has 3 aromatic rings. The first-order valence-corrected chi connectivity index (χ1v) is 12.9. The predicted molar refractivity (Wildman–Crippen MR) is 144 cm³/mol. The van der Waals surface area contributed by atoms with Crippen LogP contribution in [-0.4, -0.2) is 69.2 Å². The molecular formula is C28H37N7O2. The summed E-state index contributed by atoms with van der Waals surface area (Å²) in [5.41, 5.74) is 8.48. The van der Waals surface area contributed by atoms with E-state index in [1.165, 1.54) is 11.9 Å². The molecule has 2 aromatic carbocycles. The van der Waals surface area contributed by atoms with Crippen LogP contribution in [0.15, 0.2) is 67.3 Å². The van der Waals surface area contributed by atoms with Crippen molar-refractivity contribution in [3.8, 4) is 0 Å². The van der Waals surface area contributed by atoms with Crippen molar-refractivity contribution in [2.75, 3.05) is 31.1 Å². The minimum absolute atomic E-state index is 0.0405. The van der Waals surface area contributed by atoms with E-state index in [-0.39, 0.29) is 11.8 Å². The number of para-hydroxylation sites is 1. The molecule has 2 amide bonds. The number of nitrogens with zero attached hydrogens (tertiary/aromatic N) is 5. The number of anilines is 1. The average molecular weight is 504 g/mol. The Hall–Kier alpha value is -3.72. The number of nitrogens with two attached hydrogens (primary N) is 1. The van der Waals surface area contributed by atoms with Crippen LogP contribution in [0.2, 0.25) is 0 Å². The molecule has 1 atom stereocenters. The van der Waals surface area contributed by atoms with Crippen LogP contribution < -0.4 is 16.0 Å². The number of hydrogen-bond donors (Lipinski definition) is 2. The van der Waals surface area contributed by atoms with Gasteiger partial charge in [0, 0.05) is 31.9 Å². The van der Waals surface area contributed by atoms with Crippen molar-refractivity contribution in [1.82, 2.24) is 25.0 Å². The monoisotopic (exact) mass is 503 g/mol. The summed E-state index contributed by atoms with van der Waals surface area (Å²) in [5, 5.41) is 7.16. The number of carbonyl (C=O) groups is 2. The van der Waals surface area contributed by atoms with Crippen LogP contribution in [0.4, 0.5) is 5.69 Å². The molecule has 1 aliphatic heterocycles. The van der Waals surface area contributed by atoms with Crippen molar-refractivity contribution in [1.29, 1.82) is 0 Å². The van der Waals surface area contributed by atoms with E-state index in [9.17, 15) is 9.59 Å². The molecule has 3 N–H and O–H groups in total. The van der Waals surface area contributed by atoms with Crippen molar-refractivity contribution in [2.24, 2.45) is 5.73 Å². The topological polar surface area (TPSA) is 109 Å². The Morgan fingerprint density at radius 1 is 1.03 bits per heavy atom. The van der Waals surface area contributed by atoms with E-state index < -0.39 is 11.6 Å². The Morgan fingerprint density at radius 3 is 2.41 bits per heavy atom. The van der Waals surface area contributed by atoms with E-state index in [2.05, 4.69) is 44.6 Å². The van der Waals surface area contributed by atoms with Crippen LogP contribution >= 0.6 is 0 Å². The molecule has 0 bridgehead atoms. The van der Waals surface area contributed by atoms with Gasteiger partial charge in [-0.2, -0.15) is 5.10 Å². The van der Waals surface area contributed by atoms with Gasteiger partial charge in [-0.25, -0.2) is 9.67 Å². The quantitative estimate of drug-likeness (QED) is 0.439. The van der Waals surface area contributed by atoms with Gasteiger partial charge in [0.15, 0.2) is 0 Å². The van der Waals surface area contributed by atoms with Crippen LogP contribution in [0.3, 0.4) is 0 Å². The third-order valence-electron chi connectivity index (χ3n) is 6.71. The molecule has 1 aliphatic rings. The number of benzene rings is 2. The lowest BCUT2D eigenvalue weighted by molar-refractivity contribution is -0.138. The number of aryl methyl sites for hydroxylation is 1. The van der Waals surface area contributed by atoms with Gasteiger partial charge in [0.05, 0.1) is 12.1 Å². The van der Waals surface area contributed by atoms with Crippen LogP contribution in [0.25, 0.3) is 0 Å². The lowest BCUT2D eigenvalue weighted by Crippen LogP contribution is -2.58. The van der Waals surface area contributed by atoms with Gasteiger partial charge in [-0.3, -0.25) is 9.59 Å². The minimum atomic E-state index is -1.05. The second kappa shape index (κ2) is 12.0. The van der Waals surface area contributed by atoms with Crippen molar-refractivity contribution < 1.29 is 9.59 Å². The first-order chi connectivity index (χ1) is 17.8. The first-order valence-electron chi connectivity index (χ1n) is 12.9. The molecule has 0 spiro atoms. The summed E-state index contributed by atoms with van der Waals surface area (Å²) in [4.78, 5) is 34.4. The van der Waals surface area contributed by atoms with Gasteiger partial charge in [0.25, 0.3) is 0 Å². The van der Waals surface area contributed by atoms with Crippen molar-refractivity contribution in [3.63, 3.8) is 0 Å². The Kier molecular flexibility index (Phi) is 8.55. The normalized spacial score (nSPS) is 14.9. The highest BCUT2D eigenvalue weighted by molar-refractivity contribution is 5.91. The maximum absolute atomic E-state index is 13.6. The molecular weight excluding hydrogens is 466 g/mol. The summed E-state index contributed by atoms with van der Waals surface area (Å²) >= 11 is 0. The molecule has 1 fully saturated rings. The second-order valence-corrected chi connectivity index (χ2v) is 10.2. The van der Waals surface area contributed by atoms with Gasteiger partial charge in [-0.05, 0) is 50.3 Å². The molecule has 9 heteroatoms. The smallest absolute Gasteiger partial charge is 0.245 e. The van der Waals surface area contributed by atoms with E-state index in [0.717, 1.165) is 24.1 Å². The molecule has 196 valence electrons. The summed E-state index contributed by atoms with van der Waals surface area (Å²) in [7, 11) is 0. The highest BCUT2D eigenvalue weighted by Crippen LogP contribution is 2.23. The molecule has 0 aliphatic carbocycles. The van der Waals surface area contributed by atoms with Gasteiger partial charge in [0.2, 0.25) is 11.8 Å². The maximum Gasteiger partial charge on any atom is 0.245 e. The number of carbonyl (C=O) groups excluding carboxylic acids is 2. The summed E-state index contributed by atoms with van der Waals surface area (Å²) in [6.07, 6.45) is 5.46. The zero-order valence-electron chi connectivity index (χ0n) is 21.7. The van der Waals surface area contributed by atoms with E-state index in [4.69, 9.17) is 5.73 Å². The van der Waals surface area contributed by atoms with Gasteiger partial charge in [-0.15, -0.1) is 0 Å². The fourth-order valence-corrected chi connectivity index (χ4v) is 4.59. The minimum Gasteiger partial charge on any atom is -0.368 e. The van der Waals surface area contributed by atoms with Crippen LogP contribution in [0.1, 0.15) is 37.8 Å². The third-order valence-corrected chi connectivity index (χ3v) is 6.71. The highest BCUT2D eigenvalue weighted by atomic mass is 16.2. The summed E-state index contributed by atoms with van der Waals surface area (Å²) < 4.78 is 1.81. The van der Waals surface area contributed by atoms with Gasteiger partial charge >= 0.3 is 0 Å². The summed E-state index contributed by atoms with van der Waals surface area (Å²) in [6, 6.07) is 17.9. The predicted octanol–water partition coefficient (Wildman–Crippen LogP) is 2.22. The molecule has 1 saturated heterocycles. The number of amides is 2. The van der Waals surface area contributed by atoms with Crippen molar-refractivity contribution in [2.45, 2.75) is 51.2 Å². The highest BCUT2D eigenvalue weighted by Gasteiger charge is 2.32. The van der Waals surface area contributed by atoms with Crippen LogP contribution in [0, 0.1) is 0 Å². The van der Waals surface area contributed by atoms with Crippen molar-refractivity contribution >= 4 is 17.5 Å². The molecule has 0 saturated carbocycles. The molecule has 37 heavy (non-hydrogen) atoms. The zero-order chi connectivity index (χ0) is 26.3. The number of nitrogens with one attached hydrogen (secondary N) is 1. The van der Waals surface area contributed by atoms with Crippen LogP contribution in [0.5, 0.6) is 0 Å². The lowest BCUT2D eigenvalue weighted by Gasteiger charge is -2.38. The van der Waals surface area contributed by atoms with Gasteiger partial charge < -0.3 is 20.9 Å². The molecule has 1 aromatic heterocycles. The lowest BCUT2D eigenvalue weighted by atomic mass is 10.0. The fraction of sp³-hybridized carbons (Fsp3) is 0.429.